The van der Waals surface area contributed by atoms with Gasteiger partial charge in [0, 0.05) is 31.4 Å². The maximum absolute atomic E-state index is 5.74. The number of rotatable bonds is 3. The van der Waals surface area contributed by atoms with Gasteiger partial charge >= 0.3 is 0 Å². The number of aromatic nitrogens is 3. The van der Waals surface area contributed by atoms with Crippen LogP contribution in [-0.2, 0) is 13.0 Å². The summed E-state index contributed by atoms with van der Waals surface area (Å²) in [4.78, 5) is 14.9. The van der Waals surface area contributed by atoms with Crippen molar-refractivity contribution < 1.29 is 9.47 Å². The Kier molecular flexibility index (Phi) is 3.83. The van der Waals surface area contributed by atoms with Crippen LogP contribution in [0.5, 0.6) is 11.5 Å². The molecule has 6 heteroatoms. The zero-order valence-electron chi connectivity index (χ0n) is 14.4. The molecular formula is C20H20N4O2. The van der Waals surface area contributed by atoms with Crippen molar-refractivity contribution in [1.29, 1.82) is 0 Å². The lowest BCUT2D eigenvalue weighted by atomic mass is 9.98. The van der Waals surface area contributed by atoms with Gasteiger partial charge in [0.1, 0.15) is 13.2 Å². The van der Waals surface area contributed by atoms with Crippen LogP contribution in [0, 0.1) is 0 Å². The Morgan fingerprint density at radius 3 is 2.88 bits per heavy atom. The molecule has 26 heavy (non-hydrogen) atoms. The minimum absolute atomic E-state index is 0.0550. The van der Waals surface area contributed by atoms with Gasteiger partial charge in [0.05, 0.1) is 23.8 Å². The molecule has 0 amide bonds. The summed E-state index contributed by atoms with van der Waals surface area (Å²) in [6.45, 7) is 2.98. The summed E-state index contributed by atoms with van der Waals surface area (Å²) >= 11 is 0. The van der Waals surface area contributed by atoms with Crippen LogP contribution in [0.4, 0.5) is 0 Å². The molecule has 0 radical (unpaired) electrons. The third-order valence-electron chi connectivity index (χ3n) is 4.98. The first-order valence-corrected chi connectivity index (χ1v) is 8.94. The minimum Gasteiger partial charge on any atom is -0.486 e. The Balaban J connectivity index is 1.48. The number of pyridine rings is 1. The number of H-pyrrole nitrogens is 1. The van der Waals surface area contributed by atoms with Gasteiger partial charge in [-0.2, -0.15) is 0 Å². The van der Waals surface area contributed by atoms with Gasteiger partial charge in [0.15, 0.2) is 11.5 Å². The molecule has 0 saturated carbocycles. The van der Waals surface area contributed by atoms with E-state index in [1.807, 2.05) is 24.4 Å². The van der Waals surface area contributed by atoms with Crippen molar-refractivity contribution in [3.05, 3.63) is 71.6 Å². The van der Waals surface area contributed by atoms with Crippen molar-refractivity contribution in [1.82, 2.24) is 19.9 Å². The average Bonchev–Trinajstić information content (AvgIpc) is 3.17. The lowest BCUT2D eigenvalue weighted by Gasteiger charge is -2.34. The summed E-state index contributed by atoms with van der Waals surface area (Å²) in [5, 5.41) is 0. The Hall–Kier alpha value is -2.86. The van der Waals surface area contributed by atoms with Gasteiger partial charge in [-0.15, -0.1) is 0 Å². The zero-order chi connectivity index (χ0) is 17.3. The van der Waals surface area contributed by atoms with Crippen LogP contribution in [-0.4, -0.2) is 39.6 Å². The van der Waals surface area contributed by atoms with Crippen molar-refractivity contribution in [3.8, 4) is 11.5 Å². The highest BCUT2D eigenvalue weighted by molar-refractivity contribution is 5.44. The van der Waals surface area contributed by atoms with E-state index in [0.717, 1.165) is 42.4 Å². The number of benzene rings is 1. The highest BCUT2D eigenvalue weighted by Gasteiger charge is 2.32. The van der Waals surface area contributed by atoms with Gasteiger partial charge in [-0.3, -0.25) is 9.88 Å². The molecule has 132 valence electrons. The van der Waals surface area contributed by atoms with E-state index in [4.69, 9.17) is 9.47 Å². The van der Waals surface area contributed by atoms with Crippen LogP contribution in [0.15, 0.2) is 48.9 Å². The smallest absolute Gasteiger partial charge is 0.161 e. The van der Waals surface area contributed by atoms with Crippen molar-refractivity contribution in [2.75, 3.05) is 19.8 Å². The maximum atomic E-state index is 5.74. The number of nitrogens with zero attached hydrogens (tertiary/aromatic N) is 3. The van der Waals surface area contributed by atoms with E-state index < -0.39 is 0 Å². The third-order valence-corrected chi connectivity index (χ3v) is 4.98. The molecule has 0 aliphatic carbocycles. The van der Waals surface area contributed by atoms with Crippen molar-refractivity contribution in [2.24, 2.45) is 0 Å². The van der Waals surface area contributed by atoms with E-state index in [9.17, 15) is 0 Å². The number of ether oxygens (including phenoxy) is 2. The van der Waals surface area contributed by atoms with Crippen LogP contribution in [0.2, 0.25) is 0 Å². The number of hydrogen-bond acceptors (Lipinski definition) is 5. The number of aromatic amines is 1. The van der Waals surface area contributed by atoms with Crippen LogP contribution >= 0.6 is 0 Å². The standard InChI is InChI=1S/C20H20N4O2/c1-2-7-21-16(3-1)20-19-15(22-13-23-19)6-8-24(20)12-14-4-5-17-18(11-14)26-10-9-25-17/h1-5,7,11,13,20H,6,8-10,12H2,(H,22,23)/t20-/m0/s1. The molecule has 0 saturated heterocycles. The molecule has 6 nitrogen and oxygen atoms in total. The van der Waals surface area contributed by atoms with E-state index in [-0.39, 0.29) is 6.04 Å². The molecule has 1 N–H and O–H groups in total. The molecule has 2 aliphatic rings. The molecule has 0 bridgehead atoms. The van der Waals surface area contributed by atoms with Gasteiger partial charge in [-0.1, -0.05) is 12.1 Å². The van der Waals surface area contributed by atoms with E-state index in [0.29, 0.717) is 13.2 Å². The number of hydrogen-bond donors (Lipinski definition) is 1. The maximum Gasteiger partial charge on any atom is 0.161 e. The van der Waals surface area contributed by atoms with Gasteiger partial charge in [-0.05, 0) is 29.8 Å². The minimum atomic E-state index is 0.0550. The van der Waals surface area contributed by atoms with E-state index in [1.165, 1.54) is 11.3 Å². The first-order chi connectivity index (χ1) is 12.9. The zero-order valence-corrected chi connectivity index (χ0v) is 14.4. The summed E-state index contributed by atoms with van der Waals surface area (Å²) in [5.41, 5.74) is 4.51. The van der Waals surface area contributed by atoms with E-state index >= 15 is 0 Å². The molecule has 3 aromatic rings. The molecule has 4 heterocycles. The number of fused-ring (bicyclic) bond motifs is 2. The molecule has 5 rings (SSSR count). The second-order valence-electron chi connectivity index (χ2n) is 6.62. The number of nitrogens with one attached hydrogen (secondary N) is 1. The molecule has 1 aromatic carbocycles. The van der Waals surface area contributed by atoms with Gasteiger partial charge in [0.2, 0.25) is 0 Å². The second-order valence-corrected chi connectivity index (χ2v) is 6.62. The van der Waals surface area contributed by atoms with Crippen LogP contribution in [0.3, 0.4) is 0 Å². The predicted molar refractivity (Wildman–Crippen MR) is 96.2 cm³/mol. The summed E-state index contributed by atoms with van der Waals surface area (Å²) in [7, 11) is 0. The van der Waals surface area contributed by atoms with Crippen molar-refractivity contribution in [2.45, 2.75) is 19.0 Å². The quantitative estimate of drug-likeness (QED) is 0.788. The Morgan fingerprint density at radius 1 is 1.08 bits per heavy atom. The van der Waals surface area contributed by atoms with Crippen LogP contribution in [0.25, 0.3) is 0 Å². The topological polar surface area (TPSA) is 63.3 Å². The fourth-order valence-corrected chi connectivity index (χ4v) is 3.78. The number of imidazole rings is 1. The molecular weight excluding hydrogens is 328 g/mol. The normalized spacial score (nSPS) is 19.2. The van der Waals surface area contributed by atoms with Gasteiger partial charge in [-0.25, -0.2) is 4.98 Å². The molecule has 2 aliphatic heterocycles. The molecule has 1 atom stereocenters. The highest BCUT2D eigenvalue weighted by atomic mass is 16.6. The Labute approximate surface area is 151 Å². The lowest BCUT2D eigenvalue weighted by molar-refractivity contribution is 0.170. The SMILES string of the molecule is c1ccc([C@H]2c3nc[nH]c3CCN2Cc2ccc3c(c2)OCCO3)nc1. The van der Waals surface area contributed by atoms with Crippen LogP contribution in [0.1, 0.15) is 28.7 Å². The second kappa shape index (κ2) is 6.46. The first kappa shape index (κ1) is 15.4. The van der Waals surface area contributed by atoms with Crippen molar-refractivity contribution >= 4 is 0 Å². The summed E-state index contributed by atoms with van der Waals surface area (Å²) < 4.78 is 11.4. The summed E-state index contributed by atoms with van der Waals surface area (Å²) in [6, 6.07) is 12.3. The third kappa shape index (κ3) is 2.72. The van der Waals surface area contributed by atoms with Gasteiger partial charge < -0.3 is 14.5 Å². The fourth-order valence-electron chi connectivity index (χ4n) is 3.78. The largest absolute Gasteiger partial charge is 0.486 e. The molecule has 0 spiro atoms. The Bertz CT molecular complexity index is 909. The predicted octanol–water partition coefficient (Wildman–Crippen LogP) is 2.72. The van der Waals surface area contributed by atoms with Crippen molar-refractivity contribution in [3.63, 3.8) is 0 Å². The average molecular weight is 348 g/mol. The van der Waals surface area contributed by atoms with E-state index in [1.54, 1.807) is 6.33 Å². The lowest BCUT2D eigenvalue weighted by Crippen LogP contribution is -2.36. The first-order valence-electron chi connectivity index (χ1n) is 8.94. The van der Waals surface area contributed by atoms with E-state index in [2.05, 4.69) is 38.1 Å². The molecule has 2 aromatic heterocycles. The summed E-state index contributed by atoms with van der Waals surface area (Å²) in [5.74, 6) is 1.66. The van der Waals surface area contributed by atoms with Gasteiger partial charge in [0.25, 0.3) is 0 Å². The highest BCUT2D eigenvalue weighted by Crippen LogP contribution is 2.35. The molecule has 0 unspecified atom stereocenters. The Morgan fingerprint density at radius 2 is 2.00 bits per heavy atom. The summed E-state index contributed by atoms with van der Waals surface area (Å²) in [6.07, 6.45) is 4.59. The van der Waals surface area contributed by atoms with Crippen LogP contribution < -0.4 is 9.47 Å². The molecule has 0 fully saturated rings. The monoisotopic (exact) mass is 348 g/mol. The fraction of sp³-hybridized carbons (Fsp3) is 0.300.